The van der Waals surface area contributed by atoms with Gasteiger partial charge in [0, 0.05) is 32.2 Å². The van der Waals surface area contributed by atoms with E-state index in [0.29, 0.717) is 56.6 Å². The average molecular weight is 704 g/mol. The van der Waals surface area contributed by atoms with Gasteiger partial charge >= 0.3 is 0 Å². The fraction of sp³-hybridized carbons (Fsp3) is 0.471. The molecule has 6 rings (SSSR count). The van der Waals surface area contributed by atoms with Crippen LogP contribution in [0.4, 0.5) is 4.39 Å². The fourth-order valence-electron chi connectivity index (χ4n) is 6.50. The number of halogens is 1. The van der Waals surface area contributed by atoms with Crippen LogP contribution in [-0.2, 0) is 31.1 Å². The van der Waals surface area contributed by atoms with Gasteiger partial charge in [-0.3, -0.25) is 0 Å². The molecular weight excluding hydrogens is 662 g/mol. The smallest absolute Gasteiger partial charge is 0.246 e. The monoisotopic (exact) mass is 703 g/mol. The highest BCUT2D eigenvalue weighted by Gasteiger charge is 2.54. The largest absolute Gasteiger partial charge is 0.491 e. The molecule has 14 heteroatoms. The van der Waals surface area contributed by atoms with Gasteiger partial charge in [-0.25, -0.2) is 21.2 Å². The third-order valence-electron chi connectivity index (χ3n) is 9.78. The van der Waals surface area contributed by atoms with Crippen molar-refractivity contribution in [2.24, 2.45) is 5.73 Å². The molecule has 3 fully saturated rings. The van der Waals surface area contributed by atoms with Crippen LogP contribution in [0.3, 0.4) is 0 Å². The van der Waals surface area contributed by atoms with Crippen LogP contribution >= 0.6 is 0 Å². The van der Waals surface area contributed by atoms with Crippen LogP contribution in [0.1, 0.15) is 37.7 Å². The topological polar surface area (TPSA) is 168 Å². The van der Waals surface area contributed by atoms with Gasteiger partial charge in [0.15, 0.2) is 9.84 Å². The maximum atomic E-state index is 14.9. The predicted octanol–water partition coefficient (Wildman–Crippen LogP) is 2.59. The summed E-state index contributed by atoms with van der Waals surface area (Å²) in [5, 5.41) is 23.4. The van der Waals surface area contributed by atoms with Crippen LogP contribution in [-0.4, -0.2) is 93.3 Å². The summed E-state index contributed by atoms with van der Waals surface area (Å²) in [7, 11) is -7.78. The van der Waals surface area contributed by atoms with E-state index in [0.717, 1.165) is 11.1 Å². The van der Waals surface area contributed by atoms with Gasteiger partial charge < -0.3 is 30.7 Å². The van der Waals surface area contributed by atoms with E-state index in [1.807, 2.05) is 24.3 Å². The molecule has 0 radical (unpaired) electrons. The van der Waals surface area contributed by atoms with Gasteiger partial charge in [0.25, 0.3) is 0 Å². The van der Waals surface area contributed by atoms with Crippen molar-refractivity contribution in [1.82, 2.24) is 9.62 Å². The molecule has 1 spiro atoms. The van der Waals surface area contributed by atoms with Crippen LogP contribution in [0, 0.1) is 5.82 Å². The highest BCUT2D eigenvalue weighted by Crippen LogP contribution is 2.46. The Morgan fingerprint density at radius 3 is 2.38 bits per heavy atom. The Morgan fingerprint density at radius 2 is 1.71 bits per heavy atom. The summed E-state index contributed by atoms with van der Waals surface area (Å²) in [6, 6.07) is 17.5. The lowest BCUT2D eigenvalue weighted by Crippen LogP contribution is -2.47. The van der Waals surface area contributed by atoms with E-state index < -0.39 is 48.7 Å². The lowest BCUT2D eigenvalue weighted by Gasteiger charge is -2.38. The van der Waals surface area contributed by atoms with Gasteiger partial charge in [-0.05, 0) is 79.1 Å². The molecule has 1 aliphatic carbocycles. The molecule has 11 nitrogen and oxygen atoms in total. The predicted molar refractivity (Wildman–Crippen MR) is 177 cm³/mol. The molecule has 2 unspecified atom stereocenters. The number of rotatable bonds is 13. The second-order valence-electron chi connectivity index (χ2n) is 13.0. The van der Waals surface area contributed by atoms with Crippen molar-refractivity contribution >= 4 is 19.9 Å². The van der Waals surface area contributed by atoms with E-state index in [4.69, 9.17) is 15.2 Å². The number of ether oxygens (including phenoxy) is 2. The molecule has 0 amide bonds. The minimum absolute atomic E-state index is 0.0655. The number of hydrogen-bond acceptors (Lipinski definition) is 10. The Balaban J connectivity index is 0.990. The zero-order valence-corrected chi connectivity index (χ0v) is 28.2. The third kappa shape index (κ3) is 7.03. The molecule has 3 aromatic rings. The van der Waals surface area contributed by atoms with E-state index in [2.05, 4.69) is 5.32 Å². The normalized spacial score (nSPS) is 21.3. The number of nitrogens with one attached hydrogen (secondary N) is 1. The van der Waals surface area contributed by atoms with Crippen LogP contribution in [0.25, 0.3) is 11.1 Å². The number of hydrogen-bond donors (Lipinski definition) is 4. The van der Waals surface area contributed by atoms with Crippen molar-refractivity contribution in [3.05, 3.63) is 78.1 Å². The summed E-state index contributed by atoms with van der Waals surface area (Å²) < 4.78 is 79.9. The van der Waals surface area contributed by atoms with Crippen molar-refractivity contribution in [2.45, 2.75) is 70.9 Å². The Hall–Kier alpha value is -2.95. The van der Waals surface area contributed by atoms with Gasteiger partial charge in [-0.2, -0.15) is 4.31 Å². The van der Waals surface area contributed by atoms with E-state index in [-0.39, 0.29) is 42.1 Å². The zero-order valence-electron chi connectivity index (χ0n) is 26.6. The molecule has 2 heterocycles. The van der Waals surface area contributed by atoms with Crippen molar-refractivity contribution in [2.75, 3.05) is 39.5 Å². The number of sulfonamides is 1. The molecule has 2 aliphatic heterocycles. The summed E-state index contributed by atoms with van der Waals surface area (Å²) in [5.74, 6) is -0.492. The molecule has 260 valence electrons. The van der Waals surface area contributed by atoms with Gasteiger partial charge in [0.05, 0.1) is 28.5 Å². The van der Waals surface area contributed by atoms with Gasteiger partial charge in [0.1, 0.15) is 29.2 Å². The number of nitrogens with zero attached hydrogens (tertiary/aromatic N) is 1. The Morgan fingerprint density at radius 1 is 1.00 bits per heavy atom. The van der Waals surface area contributed by atoms with Crippen molar-refractivity contribution in [3.8, 4) is 16.9 Å². The molecular formula is C34H42FN3O8S2. The zero-order chi connectivity index (χ0) is 34.2. The summed E-state index contributed by atoms with van der Waals surface area (Å²) >= 11 is 0. The number of aliphatic hydroxyl groups excluding tert-OH is 2. The van der Waals surface area contributed by atoms with Gasteiger partial charge in [-0.1, -0.05) is 36.4 Å². The van der Waals surface area contributed by atoms with Gasteiger partial charge in [-0.15, -0.1) is 0 Å². The first-order chi connectivity index (χ1) is 22.9. The Bertz CT molecular complexity index is 1830. The first kappa shape index (κ1) is 34.9. The van der Waals surface area contributed by atoms with Crippen LogP contribution < -0.4 is 15.8 Å². The summed E-state index contributed by atoms with van der Waals surface area (Å²) in [6.45, 7) is 0.882. The summed E-state index contributed by atoms with van der Waals surface area (Å²) in [5.41, 5.74) is 7.46. The number of piperidine rings is 1. The lowest BCUT2D eigenvalue weighted by molar-refractivity contribution is -0.0312. The molecule has 3 aromatic carbocycles. The molecule has 3 aliphatic rings. The second-order valence-corrected chi connectivity index (χ2v) is 17.3. The molecule has 2 saturated heterocycles. The summed E-state index contributed by atoms with van der Waals surface area (Å²) in [6.07, 6.45) is 1.50. The number of aliphatic hydroxyl groups is 2. The van der Waals surface area contributed by atoms with Gasteiger partial charge in [0.2, 0.25) is 10.0 Å². The standard InChI is InChI=1S/C34H42FN3O8S2/c35-31-9-8-26(25-6-4-24(19-36)5-7-25)16-32(31)48(43,44)38-14-12-33(13-15-38)18-27(21-46-33)37-20-28(40)22-45-29-2-1-3-30(17-29)47(41,42)34(23-39)10-11-34/h1-9,16-17,27-28,37,39-40H,10-15,18-23,36H2. The quantitative estimate of drug-likeness (QED) is 0.208. The average Bonchev–Trinajstić information content (AvgIpc) is 3.83. The summed E-state index contributed by atoms with van der Waals surface area (Å²) in [4.78, 5) is -0.272. The highest BCUT2D eigenvalue weighted by molar-refractivity contribution is 7.93. The van der Waals surface area contributed by atoms with Crippen LogP contribution in [0.5, 0.6) is 5.75 Å². The minimum Gasteiger partial charge on any atom is -0.491 e. The minimum atomic E-state index is -4.09. The third-order valence-corrected chi connectivity index (χ3v) is 14.2. The highest BCUT2D eigenvalue weighted by atomic mass is 32.2. The molecule has 1 saturated carbocycles. The van der Waals surface area contributed by atoms with Crippen LogP contribution in [0.2, 0.25) is 0 Å². The first-order valence-electron chi connectivity index (χ1n) is 16.1. The fourth-order valence-corrected chi connectivity index (χ4v) is 9.87. The van der Waals surface area contributed by atoms with E-state index in [9.17, 15) is 31.4 Å². The van der Waals surface area contributed by atoms with Crippen molar-refractivity contribution < 1.29 is 40.9 Å². The molecule has 0 aromatic heterocycles. The maximum absolute atomic E-state index is 14.9. The number of benzene rings is 3. The van der Waals surface area contributed by atoms with Crippen LogP contribution in [0.15, 0.2) is 76.5 Å². The molecule has 5 N–H and O–H groups in total. The Kier molecular flexibility index (Phi) is 10.00. The first-order valence-corrected chi connectivity index (χ1v) is 19.1. The molecule has 48 heavy (non-hydrogen) atoms. The van der Waals surface area contributed by atoms with Crippen molar-refractivity contribution in [1.29, 1.82) is 0 Å². The Labute approximate surface area is 280 Å². The van der Waals surface area contributed by atoms with Crippen molar-refractivity contribution in [3.63, 3.8) is 0 Å². The molecule has 0 bridgehead atoms. The number of sulfone groups is 1. The van der Waals surface area contributed by atoms with E-state index in [1.54, 1.807) is 18.2 Å². The number of nitrogens with two attached hydrogens (primary N) is 1. The maximum Gasteiger partial charge on any atom is 0.246 e. The molecule has 2 atom stereocenters. The second kappa shape index (κ2) is 13.8. The lowest BCUT2D eigenvalue weighted by atomic mass is 9.88. The van der Waals surface area contributed by atoms with E-state index in [1.165, 1.54) is 28.6 Å². The van der Waals surface area contributed by atoms with E-state index >= 15 is 0 Å². The SMILES string of the molecule is NCc1ccc(-c2ccc(F)c(S(=O)(=O)N3CCC4(CC3)CC(NCC(O)COc3cccc(S(=O)(=O)C5(CO)CC5)c3)CO4)c2)cc1.